The Morgan fingerprint density at radius 3 is 2.50 bits per heavy atom. The van der Waals surface area contributed by atoms with E-state index in [1.807, 2.05) is 25.1 Å². The topological polar surface area (TPSA) is 109 Å². The summed E-state index contributed by atoms with van der Waals surface area (Å²) in [5.41, 5.74) is 1.81. The zero-order chi connectivity index (χ0) is 20.5. The van der Waals surface area contributed by atoms with Gasteiger partial charge in [-0.25, -0.2) is 4.79 Å². The van der Waals surface area contributed by atoms with Crippen LogP contribution in [0.4, 0.5) is 5.69 Å². The highest BCUT2D eigenvalue weighted by molar-refractivity contribution is 6.09. The lowest BCUT2D eigenvalue weighted by Gasteiger charge is -2.13. The molecule has 0 fully saturated rings. The lowest BCUT2D eigenvalue weighted by atomic mass is 10.1. The Kier molecular flexibility index (Phi) is 7.17. The number of anilines is 1. The molecule has 0 aromatic heterocycles. The number of nitrogens with one attached hydrogen (secondary N) is 1. The van der Waals surface area contributed by atoms with E-state index >= 15 is 0 Å². The fourth-order valence-electron chi connectivity index (χ4n) is 2.34. The Morgan fingerprint density at radius 2 is 1.89 bits per heavy atom. The van der Waals surface area contributed by atoms with E-state index in [2.05, 4.69) is 5.32 Å². The van der Waals surface area contributed by atoms with E-state index in [9.17, 15) is 14.9 Å². The monoisotopic (exact) mass is 380 g/mol. The molecule has 0 heterocycles. The summed E-state index contributed by atoms with van der Waals surface area (Å²) < 4.78 is 10.8. The van der Waals surface area contributed by atoms with Gasteiger partial charge in [0.15, 0.2) is 18.1 Å². The molecule has 1 amide bonds. The Balaban J connectivity index is 2.34. The number of hydrogen-bond donors (Lipinski definition) is 2. The van der Waals surface area contributed by atoms with Gasteiger partial charge in [0, 0.05) is 11.3 Å². The highest BCUT2D eigenvalue weighted by Crippen LogP contribution is 2.33. The average Bonchev–Trinajstić information content (AvgIpc) is 2.67. The van der Waals surface area contributed by atoms with Gasteiger partial charge in [0.05, 0.1) is 6.61 Å². The molecule has 0 radical (unpaired) electrons. The third-order valence-electron chi connectivity index (χ3n) is 3.62. The molecule has 0 bridgehead atoms. The molecule has 2 aromatic rings. The first-order chi connectivity index (χ1) is 13.4. The molecule has 0 aliphatic carbocycles. The lowest BCUT2D eigenvalue weighted by molar-refractivity contribution is -0.139. The number of carboxylic acids is 1. The van der Waals surface area contributed by atoms with Gasteiger partial charge >= 0.3 is 5.97 Å². The van der Waals surface area contributed by atoms with Crippen LogP contribution < -0.4 is 14.8 Å². The maximum Gasteiger partial charge on any atom is 0.341 e. The summed E-state index contributed by atoms with van der Waals surface area (Å²) in [7, 11) is 0. The van der Waals surface area contributed by atoms with Crippen LogP contribution in [0, 0.1) is 18.3 Å². The van der Waals surface area contributed by atoms with Gasteiger partial charge in [-0.05, 0) is 38.1 Å². The second kappa shape index (κ2) is 9.78. The minimum Gasteiger partial charge on any atom is -0.490 e. The molecular formula is C21H20N2O5. The van der Waals surface area contributed by atoms with Crippen molar-refractivity contribution in [2.75, 3.05) is 18.5 Å². The second-order valence-corrected chi connectivity index (χ2v) is 5.78. The SMILES string of the molecule is CCOc1cccc(/C=C(/C#N)C(=O)Nc2ccc(C)cc2)c1OCC(=O)O. The molecule has 0 saturated heterocycles. The summed E-state index contributed by atoms with van der Waals surface area (Å²) in [4.78, 5) is 23.3. The van der Waals surface area contributed by atoms with E-state index in [-0.39, 0.29) is 11.3 Å². The lowest BCUT2D eigenvalue weighted by Crippen LogP contribution is -2.14. The van der Waals surface area contributed by atoms with E-state index in [4.69, 9.17) is 14.6 Å². The van der Waals surface area contributed by atoms with Crippen molar-refractivity contribution < 1.29 is 24.2 Å². The fraction of sp³-hybridized carbons (Fsp3) is 0.190. The van der Waals surface area contributed by atoms with Crippen molar-refractivity contribution in [3.8, 4) is 17.6 Å². The van der Waals surface area contributed by atoms with Gasteiger partial charge < -0.3 is 19.9 Å². The minimum atomic E-state index is -1.15. The highest BCUT2D eigenvalue weighted by Gasteiger charge is 2.15. The number of rotatable bonds is 8. The van der Waals surface area contributed by atoms with Crippen LogP contribution in [-0.2, 0) is 9.59 Å². The number of aryl methyl sites for hydroxylation is 1. The van der Waals surface area contributed by atoms with Crippen molar-refractivity contribution in [3.05, 3.63) is 59.2 Å². The molecule has 0 aliphatic rings. The van der Waals surface area contributed by atoms with E-state index in [1.165, 1.54) is 6.08 Å². The average molecular weight is 380 g/mol. The zero-order valence-electron chi connectivity index (χ0n) is 15.6. The summed E-state index contributed by atoms with van der Waals surface area (Å²) >= 11 is 0. The van der Waals surface area contributed by atoms with Crippen molar-refractivity contribution in [3.63, 3.8) is 0 Å². The third kappa shape index (κ3) is 5.61. The molecule has 7 heteroatoms. The van der Waals surface area contributed by atoms with Crippen molar-refractivity contribution in [2.45, 2.75) is 13.8 Å². The number of carbonyl (C=O) groups excluding carboxylic acids is 1. The summed E-state index contributed by atoms with van der Waals surface area (Å²) in [5, 5.41) is 21.0. The van der Waals surface area contributed by atoms with Gasteiger partial charge in [0.1, 0.15) is 11.6 Å². The molecule has 144 valence electrons. The molecule has 2 rings (SSSR count). The second-order valence-electron chi connectivity index (χ2n) is 5.78. The maximum atomic E-state index is 12.5. The Hall–Kier alpha value is -3.79. The van der Waals surface area contributed by atoms with Crippen molar-refractivity contribution >= 4 is 23.6 Å². The van der Waals surface area contributed by atoms with Crippen LogP contribution in [0.3, 0.4) is 0 Å². The first-order valence-electron chi connectivity index (χ1n) is 8.54. The molecule has 2 aromatic carbocycles. The highest BCUT2D eigenvalue weighted by atomic mass is 16.5. The molecule has 7 nitrogen and oxygen atoms in total. The molecule has 0 unspecified atom stereocenters. The van der Waals surface area contributed by atoms with Gasteiger partial charge in [0.25, 0.3) is 5.91 Å². The van der Waals surface area contributed by atoms with Crippen LogP contribution in [0.5, 0.6) is 11.5 Å². The Morgan fingerprint density at radius 1 is 1.18 bits per heavy atom. The molecule has 0 saturated carbocycles. The number of nitriles is 1. The number of ether oxygens (including phenoxy) is 2. The molecule has 0 aliphatic heterocycles. The number of nitrogens with zero attached hydrogens (tertiary/aromatic N) is 1. The molecule has 0 spiro atoms. The normalized spacial score (nSPS) is 10.7. The molecule has 28 heavy (non-hydrogen) atoms. The van der Waals surface area contributed by atoms with Crippen molar-refractivity contribution in [1.82, 2.24) is 0 Å². The number of carboxylic acid groups (broad SMARTS) is 1. The number of amides is 1. The smallest absolute Gasteiger partial charge is 0.341 e. The van der Waals surface area contributed by atoms with Gasteiger partial charge in [0.2, 0.25) is 0 Å². The standard InChI is InChI=1S/C21H20N2O5/c1-3-27-18-6-4-5-15(20(18)28-13-19(24)25)11-16(12-22)21(26)23-17-9-7-14(2)8-10-17/h4-11H,3,13H2,1-2H3,(H,23,26)(H,24,25)/b16-11-. The van der Waals surface area contributed by atoms with E-state index in [1.54, 1.807) is 37.3 Å². The summed E-state index contributed by atoms with van der Waals surface area (Å²) in [6.07, 6.45) is 1.34. The van der Waals surface area contributed by atoms with Crippen molar-refractivity contribution in [1.29, 1.82) is 5.26 Å². The van der Waals surface area contributed by atoms with Crippen LogP contribution in [0.1, 0.15) is 18.1 Å². The van der Waals surface area contributed by atoms with Gasteiger partial charge in [-0.15, -0.1) is 0 Å². The number of aliphatic carboxylic acids is 1. The summed E-state index contributed by atoms with van der Waals surface area (Å²) in [6, 6.07) is 13.9. The first kappa shape index (κ1) is 20.5. The van der Waals surface area contributed by atoms with Crippen LogP contribution in [-0.4, -0.2) is 30.2 Å². The Bertz CT molecular complexity index is 927. The third-order valence-corrected chi connectivity index (χ3v) is 3.62. The molecule has 0 atom stereocenters. The van der Waals surface area contributed by atoms with Crippen molar-refractivity contribution in [2.24, 2.45) is 0 Å². The fourth-order valence-corrected chi connectivity index (χ4v) is 2.34. The van der Waals surface area contributed by atoms with Crippen LogP contribution in [0.2, 0.25) is 0 Å². The van der Waals surface area contributed by atoms with Gasteiger partial charge in [-0.2, -0.15) is 5.26 Å². The number of hydrogen-bond acceptors (Lipinski definition) is 5. The molecule has 2 N–H and O–H groups in total. The molecular weight excluding hydrogens is 360 g/mol. The minimum absolute atomic E-state index is 0.155. The van der Waals surface area contributed by atoms with E-state index < -0.39 is 18.5 Å². The van der Waals surface area contributed by atoms with Crippen LogP contribution in [0.25, 0.3) is 6.08 Å². The van der Waals surface area contributed by atoms with Crippen LogP contribution in [0.15, 0.2) is 48.0 Å². The number of benzene rings is 2. The number of para-hydroxylation sites is 1. The van der Waals surface area contributed by atoms with Crippen LogP contribution >= 0.6 is 0 Å². The van der Waals surface area contributed by atoms with E-state index in [0.717, 1.165) is 5.56 Å². The maximum absolute atomic E-state index is 12.5. The summed E-state index contributed by atoms with van der Waals surface area (Å²) in [5.74, 6) is -1.26. The van der Waals surface area contributed by atoms with Gasteiger partial charge in [-0.1, -0.05) is 29.8 Å². The summed E-state index contributed by atoms with van der Waals surface area (Å²) in [6.45, 7) is 3.47. The quantitative estimate of drug-likeness (QED) is 0.537. The predicted molar refractivity (Wildman–Crippen MR) is 104 cm³/mol. The first-order valence-corrected chi connectivity index (χ1v) is 8.54. The predicted octanol–water partition coefficient (Wildman–Crippen LogP) is 3.40. The number of carbonyl (C=O) groups is 2. The van der Waals surface area contributed by atoms with Gasteiger partial charge in [-0.3, -0.25) is 4.79 Å². The zero-order valence-corrected chi connectivity index (χ0v) is 15.6. The van der Waals surface area contributed by atoms with E-state index in [0.29, 0.717) is 23.6 Å². The largest absolute Gasteiger partial charge is 0.490 e. The Labute approximate surface area is 162 Å².